The average molecular weight is 365 g/mol. The molecule has 2 aromatic rings. The van der Waals surface area contributed by atoms with Crippen LogP contribution < -0.4 is 0 Å². The van der Waals surface area contributed by atoms with Crippen LogP contribution in [0.15, 0.2) is 54.6 Å². The fourth-order valence-electron chi connectivity index (χ4n) is 4.15. The van der Waals surface area contributed by atoms with Crippen LogP contribution in [0.4, 0.5) is 4.39 Å². The molecule has 2 aromatic carbocycles. The first-order valence-electron chi connectivity index (χ1n) is 10.8. The molecule has 0 heterocycles. The molecule has 0 saturated carbocycles. The summed E-state index contributed by atoms with van der Waals surface area (Å²) in [5, 5.41) is 0. The highest BCUT2D eigenvalue weighted by molar-refractivity contribution is 5.70. The molecule has 3 rings (SSSR count). The Balaban J connectivity index is 1.48. The van der Waals surface area contributed by atoms with E-state index in [9.17, 15) is 4.39 Å². The first-order chi connectivity index (χ1) is 13.3. The monoisotopic (exact) mass is 364 g/mol. The van der Waals surface area contributed by atoms with Crippen LogP contribution in [0.2, 0.25) is 0 Å². The topological polar surface area (TPSA) is 0 Å². The van der Waals surface area contributed by atoms with Crippen LogP contribution in [-0.2, 0) is 0 Å². The lowest BCUT2D eigenvalue weighted by molar-refractivity contribution is 0.423. The van der Waals surface area contributed by atoms with Crippen molar-refractivity contribution < 1.29 is 4.39 Å². The zero-order valence-electron chi connectivity index (χ0n) is 16.7. The molecule has 0 radical (unpaired) electrons. The molecule has 0 amide bonds. The molecule has 0 N–H and O–H groups in total. The fraction of sp³-hybridized carbons (Fsp3) is 0.462. The average Bonchev–Trinajstić information content (AvgIpc) is 2.72. The van der Waals surface area contributed by atoms with Gasteiger partial charge in [-0.05, 0) is 59.6 Å². The van der Waals surface area contributed by atoms with Gasteiger partial charge in [0, 0.05) is 0 Å². The highest BCUT2D eigenvalue weighted by Crippen LogP contribution is 2.33. The molecule has 1 aliphatic rings. The van der Waals surface area contributed by atoms with Crippen molar-refractivity contribution in [1.82, 2.24) is 0 Å². The van der Waals surface area contributed by atoms with Crippen LogP contribution in [0.5, 0.6) is 0 Å². The molecule has 0 bridgehead atoms. The standard InChI is InChI=1S/C26H33F/c1-2-3-4-5-6-7-8-21-9-11-22(12-10-21)23-13-15-24(16-14-23)25-17-19-26(27)20-18-25/h11,13-21H,2-10,12H2,1H3. The number of benzene rings is 2. The normalized spacial score (nSPS) is 17.0. The Kier molecular flexibility index (Phi) is 7.68. The summed E-state index contributed by atoms with van der Waals surface area (Å²) in [6.07, 6.45) is 16.0. The summed E-state index contributed by atoms with van der Waals surface area (Å²) < 4.78 is 13.1. The maximum absolute atomic E-state index is 13.1. The van der Waals surface area contributed by atoms with Gasteiger partial charge in [0.05, 0.1) is 0 Å². The zero-order valence-corrected chi connectivity index (χ0v) is 16.7. The maximum atomic E-state index is 13.1. The number of allylic oxidation sites excluding steroid dienone is 2. The molecule has 0 aliphatic heterocycles. The molecular weight excluding hydrogens is 331 g/mol. The van der Waals surface area contributed by atoms with Crippen molar-refractivity contribution in [3.8, 4) is 11.1 Å². The van der Waals surface area contributed by atoms with Crippen LogP contribution in [0.3, 0.4) is 0 Å². The van der Waals surface area contributed by atoms with Gasteiger partial charge >= 0.3 is 0 Å². The van der Waals surface area contributed by atoms with E-state index in [2.05, 4.69) is 37.3 Å². The van der Waals surface area contributed by atoms with Crippen LogP contribution in [0.1, 0.15) is 76.7 Å². The lowest BCUT2D eigenvalue weighted by Gasteiger charge is -2.22. The zero-order chi connectivity index (χ0) is 18.9. The van der Waals surface area contributed by atoms with Gasteiger partial charge in [0.2, 0.25) is 0 Å². The molecule has 144 valence electrons. The number of halogens is 1. The predicted octanol–water partition coefficient (Wildman–Crippen LogP) is 8.43. The van der Waals surface area contributed by atoms with E-state index in [0.29, 0.717) is 0 Å². The van der Waals surface area contributed by atoms with Gasteiger partial charge in [-0.3, -0.25) is 0 Å². The molecule has 0 saturated heterocycles. The van der Waals surface area contributed by atoms with E-state index in [1.165, 1.54) is 87.5 Å². The molecule has 0 spiro atoms. The van der Waals surface area contributed by atoms with Crippen molar-refractivity contribution in [1.29, 1.82) is 0 Å². The van der Waals surface area contributed by atoms with Gasteiger partial charge in [0.15, 0.2) is 0 Å². The van der Waals surface area contributed by atoms with Crippen LogP contribution in [0.25, 0.3) is 16.7 Å². The third-order valence-electron chi connectivity index (χ3n) is 5.92. The second-order valence-electron chi connectivity index (χ2n) is 8.01. The molecule has 1 atom stereocenters. The fourth-order valence-corrected chi connectivity index (χ4v) is 4.15. The number of hydrogen-bond donors (Lipinski definition) is 0. The predicted molar refractivity (Wildman–Crippen MR) is 115 cm³/mol. The minimum atomic E-state index is -0.182. The lowest BCUT2D eigenvalue weighted by atomic mass is 9.83. The van der Waals surface area contributed by atoms with Crippen molar-refractivity contribution in [3.63, 3.8) is 0 Å². The molecule has 0 aromatic heterocycles. The summed E-state index contributed by atoms with van der Waals surface area (Å²) in [6, 6.07) is 15.5. The van der Waals surface area contributed by atoms with Crippen molar-refractivity contribution in [2.45, 2.75) is 71.1 Å². The van der Waals surface area contributed by atoms with E-state index in [4.69, 9.17) is 0 Å². The number of hydrogen-bond acceptors (Lipinski definition) is 0. The van der Waals surface area contributed by atoms with E-state index >= 15 is 0 Å². The molecular formula is C26H33F. The van der Waals surface area contributed by atoms with Gasteiger partial charge in [-0.15, -0.1) is 0 Å². The van der Waals surface area contributed by atoms with Gasteiger partial charge in [0.25, 0.3) is 0 Å². The third-order valence-corrected chi connectivity index (χ3v) is 5.92. The number of rotatable bonds is 9. The van der Waals surface area contributed by atoms with Gasteiger partial charge < -0.3 is 0 Å². The SMILES string of the molecule is CCCCCCCCC1CC=C(c2ccc(-c3ccc(F)cc3)cc2)CC1. The van der Waals surface area contributed by atoms with E-state index in [0.717, 1.165) is 17.0 Å². The highest BCUT2D eigenvalue weighted by Gasteiger charge is 2.15. The Morgan fingerprint density at radius 1 is 0.778 bits per heavy atom. The first-order valence-corrected chi connectivity index (χ1v) is 10.8. The van der Waals surface area contributed by atoms with Crippen molar-refractivity contribution in [2.24, 2.45) is 5.92 Å². The Hall–Kier alpha value is -1.89. The second-order valence-corrected chi connectivity index (χ2v) is 8.01. The van der Waals surface area contributed by atoms with Crippen LogP contribution in [-0.4, -0.2) is 0 Å². The Morgan fingerprint density at radius 3 is 2.00 bits per heavy atom. The summed E-state index contributed by atoms with van der Waals surface area (Å²) in [6.45, 7) is 2.28. The minimum Gasteiger partial charge on any atom is -0.207 e. The second kappa shape index (κ2) is 10.4. The maximum Gasteiger partial charge on any atom is 0.123 e. The van der Waals surface area contributed by atoms with Crippen molar-refractivity contribution >= 4 is 5.57 Å². The summed E-state index contributed by atoms with van der Waals surface area (Å²) in [5.41, 5.74) is 5.06. The van der Waals surface area contributed by atoms with Gasteiger partial charge in [0.1, 0.15) is 5.82 Å². The minimum absolute atomic E-state index is 0.182. The van der Waals surface area contributed by atoms with Gasteiger partial charge in [-0.2, -0.15) is 0 Å². The molecule has 27 heavy (non-hydrogen) atoms. The highest BCUT2D eigenvalue weighted by atomic mass is 19.1. The largest absolute Gasteiger partial charge is 0.207 e. The molecule has 0 fully saturated rings. The Labute approximate surface area is 164 Å². The van der Waals surface area contributed by atoms with Crippen molar-refractivity contribution in [3.05, 3.63) is 66.0 Å². The Bertz CT molecular complexity index is 709. The van der Waals surface area contributed by atoms with E-state index in [-0.39, 0.29) is 5.82 Å². The van der Waals surface area contributed by atoms with Gasteiger partial charge in [-0.1, -0.05) is 94.3 Å². The molecule has 1 aliphatic carbocycles. The first kappa shape index (κ1) is 19.9. The van der Waals surface area contributed by atoms with E-state index in [1.807, 2.05) is 12.1 Å². The summed E-state index contributed by atoms with van der Waals surface area (Å²) >= 11 is 0. The smallest absolute Gasteiger partial charge is 0.123 e. The molecule has 1 heteroatoms. The lowest BCUT2D eigenvalue weighted by Crippen LogP contribution is -2.05. The van der Waals surface area contributed by atoms with E-state index < -0.39 is 0 Å². The summed E-state index contributed by atoms with van der Waals surface area (Å²) in [7, 11) is 0. The summed E-state index contributed by atoms with van der Waals surface area (Å²) in [4.78, 5) is 0. The Morgan fingerprint density at radius 2 is 1.37 bits per heavy atom. The third kappa shape index (κ3) is 6.06. The van der Waals surface area contributed by atoms with Crippen molar-refractivity contribution in [2.75, 3.05) is 0 Å². The van der Waals surface area contributed by atoms with Crippen LogP contribution in [0, 0.1) is 11.7 Å². The summed E-state index contributed by atoms with van der Waals surface area (Å²) in [5.74, 6) is 0.705. The van der Waals surface area contributed by atoms with Crippen LogP contribution >= 0.6 is 0 Å². The molecule has 0 nitrogen and oxygen atoms in total. The van der Waals surface area contributed by atoms with E-state index in [1.54, 1.807) is 0 Å². The van der Waals surface area contributed by atoms with Gasteiger partial charge in [-0.25, -0.2) is 4.39 Å². The quantitative estimate of drug-likeness (QED) is 0.392. The molecule has 1 unspecified atom stereocenters. The number of unbranched alkanes of at least 4 members (excludes halogenated alkanes) is 5.